The van der Waals surface area contributed by atoms with E-state index in [0.29, 0.717) is 5.57 Å². The molecule has 0 radical (unpaired) electrons. The molecule has 0 aliphatic heterocycles. The summed E-state index contributed by atoms with van der Waals surface area (Å²) >= 11 is 0. The van der Waals surface area contributed by atoms with Crippen molar-refractivity contribution in [3.8, 4) is 0 Å². The number of benzene rings is 1. The van der Waals surface area contributed by atoms with Gasteiger partial charge in [-0.2, -0.15) is 0 Å². The van der Waals surface area contributed by atoms with Gasteiger partial charge < -0.3 is 7.59 Å². The van der Waals surface area contributed by atoms with Gasteiger partial charge in [0.1, 0.15) is 0 Å². The maximum absolute atomic E-state index is 11.0. The molecule has 0 amide bonds. The molecular weight excluding hydrogens is 192 g/mol. The van der Waals surface area contributed by atoms with Crippen molar-refractivity contribution >= 4 is 49.3 Å². The first-order valence-electron chi connectivity index (χ1n) is 3.58. The fraction of sp³-hybridized carbons (Fsp3) is 0.100. The first-order valence-corrected chi connectivity index (χ1v) is 3.58. The van der Waals surface area contributed by atoms with Crippen LogP contribution in [0.2, 0.25) is 0 Å². The summed E-state index contributed by atoms with van der Waals surface area (Å²) in [5, 5.41) is 0. The van der Waals surface area contributed by atoms with Crippen LogP contribution >= 0.6 is 0 Å². The Hall–Kier alpha value is -0.310. The third-order valence-electron chi connectivity index (χ3n) is 1.55. The number of hydrogen-bond acceptors (Lipinski definition) is 2. The summed E-state index contributed by atoms with van der Waals surface area (Å²) in [5.41, 5.74) is 1.18. The Kier molecular flexibility index (Phi) is 6.04. The van der Waals surface area contributed by atoms with Gasteiger partial charge in [-0.15, -0.1) is 0 Å². The zero-order chi connectivity index (χ0) is 8.97. The maximum Gasteiger partial charge on any atom is 2.00 e. The Morgan fingerprint density at radius 3 is 2.38 bits per heavy atom. The van der Waals surface area contributed by atoms with E-state index >= 15 is 0 Å². The minimum Gasteiger partial charge on any atom is -1.00 e. The molecule has 13 heavy (non-hydrogen) atoms. The molecule has 0 aromatic heterocycles. The number of ether oxygens (including phenoxy) is 1. The predicted octanol–water partition coefficient (Wildman–Crippen LogP) is 1.72. The molecule has 0 bridgehead atoms. The van der Waals surface area contributed by atoms with E-state index in [-0.39, 0.29) is 46.6 Å². The van der Waals surface area contributed by atoms with E-state index in [9.17, 15) is 4.79 Å². The van der Waals surface area contributed by atoms with Crippen LogP contribution in [0.1, 0.15) is 8.42 Å². The average molecular weight is 204 g/mol. The second kappa shape index (κ2) is 6.19. The van der Waals surface area contributed by atoms with Crippen molar-refractivity contribution in [2.45, 2.75) is 0 Å². The van der Waals surface area contributed by atoms with Crippen molar-refractivity contribution in [1.29, 1.82) is 0 Å². The van der Waals surface area contributed by atoms with E-state index in [2.05, 4.69) is 11.3 Å². The molecule has 1 aromatic carbocycles. The molecule has 0 aliphatic carbocycles. The van der Waals surface area contributed by atoms with Gasteiger partial charge in [-0.25, -0.2) is 4.79 Å². The quantitative estimate of drug-likeness (QED) is 0.416. The Morgan fingerprint density at radius 2 is 1.92 bits per heavy atom. The molecule has 0 saturated heterocycles. The molecular formula is C10H12CaO2. The van der Waals surface area contributed by atoms with E-state index in [1.165, 1.54) is 7.11 Å². The number of hydrogen-bond donors (Lipinski definition) is 0. The Labute approximate surface area is 111 Å². The summed E-state index contributed by atoms with van der Waals surface area (Å²) < 4.78 is 4.53. The minimum absolute atomic E-state index is 0. The van der Waals surface area contributed by atoms with Gasteiger partial charge in [-0.3, -0.25) is 0 Å². The summed E-state index contributed by atoms with van der Waals surface area (Å²) in [4.78, 5) is 11.0. The summed E-state index contributed by atoms with van der Waals surface area (Å²) in [6.07, 6.45) is 0. The molecule has 1 aromatic rings. The van der Waals surface area contributed by atoms with Crippen LogP contribution in [0.4, 0.5) is 0 Å². The van der Waals surface area contributed by atoms with Crippen LogP contribution in [0.15, 0.2) is 36.9 Å². The van der Waals surface area contributed by atoms with E-state index in [1.54, 1.807) is 0 Å². The molecule has 0 heterocycles. The largest absolute Gasteiger partial charge is 2.00 e. The van der Waals surface area contributed by atoms with Crippen LogP contribution in [-0.4, -0.2) is 50.8 Å². The van der Waals surface area contributed by atoms with Gasteiger partial charge in [0.15, 0.2) is 0 Å². The van der Waals surface area contributed by atoms with Crippen molar-refractivity contribution in [1.82, 2.24) is 0 Å². The van der Waals surface area contributed by atoms with Crippen LogP contribution < -0.4 is 0 Å². The monoisotopic (exact) mass is 204 g/mol. The Bertz CT molecular complexity index is 302. The molecule has 66 valence electrons. The van der Waals surface area contributed by atoms with Crippen LogP contribution in [0, 0.1) is 0 Å². The fourth-order valence-electron chi connectivity index (χ4n) is 0.880. The van der Waals surface area contributed by atoms with Crippen LogP contribution in [0.25, 0.3) is 5.57 Å². The standard InChI is InChI=1S/C10H10O2.Ca.2H/c1-8(10(11)12-2)9-6-4-3-5-7-9;;;/h3-7H,1H2,2H3;;;/q;+2;2*-1. The zero-order valence-corrected chi connectivity index (χ0v) is 9.83. The Balaban J connectivity index is -0.000000480. The second-order valence-electron chi connectivity index (χ2n) is 2.34. The van der Waals surface area contributed by atoms with Crippen molar-refractivity contribution in [2.75, 3.05) is 7.11 Å². The van der Waals surface area contributed by atoms with Gasteiger partial charge in [0.05, 0.1) is 12.7 Å². The van der Waals surface area contributed by atoms with Gasteiger partial charge in [-0.1, -0.05) is 36.9 Å². The van der Waals surface area contributed by atoms with E-state index in [1.807, 2.05) is 30.3 Å². The van der Waals surface area contributed by atoms with Gasteiger partial charge in [0.25, 0.3) is 0 Å². The third kappa shape index (κ3) is 3.51. The summed E-state index contributed by atoms with van der Waals surface area (Å²) in [5.74, 6) is -0.388. The van der Waals surface area contributed by atoms with Crippen LogP contribution in [-0.2, 0) is 9.53 Å². The van der Waals surface area contributed by atoms with Crippen molar-refractivity contribution in [3.05, 3.63) is 42.5 Å². The molecule has 0 aliphatic rings. The average Bonchev–Trinajstić information content (AvgIpc) is 2.17. The minimum atomic E-state index is -0.388. The number of carbonyl (C=O) groups excluding carboxylic acids is 1. The Morgan fingerprint density at radius 1 is 1.38 bits per heavy atom. The predicted molar refractivity (Wildman–Crippen MR) is 55.5 cm³/mol. The normalized spacial score (nSPS) is 8.38. The first kappa shape index (κ1) is 12.7. The van der Waals surface area contributed by atoms with Crippen LogP contribution in [0.5, 0.6) is 0 Å². The molecule has 1 rings (SSSR count). The number of methoxy groups -OCH3 is 1. The van der Waals surface area contributed by atoms with E-state index in [0.717, 1.165) is 5.56 Å². The van der Waals surface area contributed by atoms with E-state index in [4.69, 9.17) is 0 Å². The molecule has 0 N–H and O–H groups in total. The first-order chi connectivity index (χ1) is 5.75. The van der Waals surface area contributed by atoms with Gasteiger partial charge in [0, 0.05) is 0 Å². The van der Waals surface area contributed by atoms with Crippen molar-refractivity contribution in [2.24, 2.45) is 0 Å². The molecule has 0 atom stereocenters. The van der Waals surface area contributed by atoms with Gasteiger partial charge >= 0.3 is 43.7 Å². The summed E-state index contributed by atoms with van der Waals surface area (Å²) in [7, 11) is 1.34. The molecule has 0 fully saturated rings. The fourth-order valence-corrected chi connectivity index (χ4v) is 0.880. The summed E-state index contributed by atoms with van der Waals surface area (Å²) in [6.45, 7) is 3.62. The van der Waals surface area contributed by atoms with Crippen molar-refractivity contribution < 1.29 is 12.4 Å². The number of esters is 1. The molecule has 3 heteroatoms. The third-order valence-corrected chi connectivity index (χ3v) is 1.55. The zero-order valence-electron chi connectivity index (χ0n) is 9.62. The second-order valence-corrected chi connectivity index (χ2v) is 2.34. The topological polar surface area (TPSA) is 26.3 Å². The SMILES string of the molecule is C=C(C(=O)OC)c1ccccc1.[Ca+2].[H-].[H-]. The van der Waals surface area contributed by atoms with Gasteiger partial charge in [-0.05, 0) is 5.56 Å². The van der Waals surface area contributed by atoms with Gasteiger partial charge in [0.2, 0.25) is 0 Å². The summed E-state index contributed by atoms with van der Waals surface area (Å²) in [6, 6.07) is 9.22. The number of rotatable bonds is 2. The molecule has 0 saturated carbocycles. The van der Waals surface area contributed by atoms with E-state index < -0.39 is 0 Å². The molecule has 2 nitrogen and oxygen atoms in total. The van der Waals surface area contributed by atoms with Crippen molar-refractivity contribution in [3.63, 3.8) is 0 Å². The smallest absolute Gasteiger partial charge is 1.00 e. The number of carbonyl (C=O) groups is 1. The molecule has 0 spiro atoms. The maximum atomic E-state index is 11.0. The molecule has 0 unspecified atom stereocenters. The van der Waals surface area contributed by atoms with Crippen LogP contribution in [0.3, 0.4) is 0 Å².